The van der Waals surface area contributed by atoms with E-state index in [0.717, 1.165) is 0 Å². The number of nitrogens with one attached hydrogen (secondary N) is 1. The van der Waals surface area contributed by atoms with E-state index in [1.54, 1.807) is 43.3 Å². The molecule has 2 aromatic carbocycles. The Balaban J connectivity index is 1.78. The summed E-state index contributed by atoms with van der Waals surface area (Å²) in [6.45, 7) is 1.49. The average Bonchev–Trinajstić information content (AvgIpc) is 2.90. The lowest BCUT2D eigenvalue weighted by Gasteiger charge is -2.15. The first kappa shape index (κ1) is 17.9. The highest BCUT2D eigenvalue weighted by atomic mass is 32.2. The molecule has 0 fully saturated rings. The fourth-order valence-electron chi connectivity index (χ4n) is 2.64. The Morgan fingerprint density at radius 1 is 1.23 bits per heavy atom. The predicted octanol–water partition coefficient (Wildman–Crippen LogP) is 1.12. The number of hydrogen-bond donors (Lipinski definition) is 2. The Labute approximate surface area is 149 Å². The van der Waals surface area contributed by atoms with Crippen molar-refractivity contribution in [2.45, 2.75) is 24.4 Å². The highest BCUT2D eigenvalue weighted by molar-refractivity contribution is 7.89. The molecule has 3 N–H and O–H groups in total. The Morgan fingerprint density at radius 2 is 1.96 bits per heavy atom. The number of nitrogens with zero attached hydrogens (tertiary/aromatic N) is 1. The van der Waals surface area contributed by atoms with Gasteiger partial charge in [0.05, 0.1) is 16.5 Å². The molecule has 0 radical (unpaired) electrons. The second kappa shape index (κ2) is 6.77. The number of carbonyl (C=O) groups is 1. The van der Waals surface area contributed by atoms with Crippen LogP contribution < -0.4 is 16.2 Å². The van der Waals surface area contributed by atoms with E-state index in [1.165, 1.54) is 16.7 Å². The van der Waals surface area contributed by atoms with E-state index >= 15 is 0 Å². The normalized spacial score (nSPS) is 12.8. The van der Waals surface area contributed by atoms with E-state index in [0.29, 0.717) is 16.7 Å². The van der Waals surface area contributed by atoms with Crippen LogP contribution in [0.4, 0.5) is 0 Å². The summed E-state index contributed by atoms with van der Waals surface area (Å²) in [5.41, 5.74) is 1.50. The summed E-state index contributed by atoms with van der Waals surface area (Å²) < 4.78 is 29.2. The van der Waals surface area contributed by atoms with Gasteiger partial charge in [0.1, 0.15) is 6.54 Å². The molecule has 9 heteroatoms. The van der Waals surface area contributed by atoms with Crippen LogP contribution in [0.15, 0.2) is 62.6 Å². The third-order valence-electron chi connectivity index (χ3n) is 3.94. The van der Waals surface area contributed by atoms with E-state index in [2.05, 4.69) is 5.32 Å². The standard InChI is InChI=1S/C17H17N3O5S/c1-11(12-5-4-6-13(9-12)26(18,23)24)19-16(21)10-20-14-7-2-3-8-15(14)25-17(20)22/h2-9,11H,10H2,1H3,(H,19,21)(H2,18,23,24). The lowest BCUT2D eigenvalue weighted by molar-refractivity contribution is -0.122. The number of hydrogen-bond acceptors (Lipinski definition) is 5. The van der Waals surface area contributed by atoms with Gasteiger partial charge in [0.2, 0.25) is 15.9 Å². The van der Waals surface area contributed by atoms with Crippen molar-refractivity contribution < 1.29 is 17.6 Å². The second-order valence-electron chi connectivity index (χ2n) is 5.83. The highest BCUT2D eigenvalue weighted by Gasteiger charge is 2.16. The van der Waals surface area contributed by atoms with Gasteiger partial charge in [0, 0.05) is 0 Å². The van der Waals surface area contributed by atoms with Gasteiger partial charge >= 0.3 is 5.76 Å². The zero-order valence-corrected chi connectivity index (χ0v) is 14.7. The van der Waals surface area contributed by atoms with Crippen molar-refractivity contribution in [3.63, 3.8) is 0 Å². The van der Waals surface area contributed by atoms with Crippen LogP contribution in [-0.2, 0) is 21.4 Å². The van der Waals surface area contributed by atoms with E-state index in [1.807, 2.05) is 0 Å². The molecule has 1 unspecified atom stereocenters. The van der Waals surface area contributed by atoms with E-state index in [4.69, 9.17) is 9.56 Å². The topological polar surface area (TPSA) is 124 Å². The third kappa shape index (κ3) is 3.68. The molecule has 0 spiro atoms. The minimum atomic E-state index is -3.83. The lowest BCUT2D eigenvalue weighted by Crippen LogP contribution is -2.32. The number of oxazole rings is 1. The van der Waals surface area contributed by atoms with Gasteiger partial charge in [-0.05, 0) is 36.8 Å². The van der Waals surface area contributed by atoms with Crippen molar-refractivity contribution in [1.29, 1.82) is 0 Å². The number of sulfonamides is 1. The first-order chi connectivity index (χ1) is 12.3. The van der Waals surface area contributed by atoms with Gasteiger partial charge in [-0.2, -0.15) is 0 Å². The second-order valence-corrected chi connectivity index (χ2v) is 7.39. The first-order valence-electron chi connectivity index (χ1n) is 7.76. The largest absolute Gasteiger partial charge is 0.420 e. The van der Waals surface area contributed by atoms with E-state index in [9.17, 15) is 18.0 Å². The number of para-hydroxylation sites is 2. The molecule has 0 saturated carbocycles. The molecular weight excluding hydrogens is 358 g/mol. The summed E-state index contributed by atoms with van der Waals surface area (Å²) in [6.07, 6.45) is 0. The Morgan fingerprint density at radius 3 is 2.69 bits per heavy atom. The molecule has 3 aromatic rings. The van der Waals surface area contributed by atoms with Crippen LogP contribution in [0.3, 0.4) is 0 Å². The van der Waals surface area contributed by atoms with Crippen LogP contribution in [0.1, 0.15) is 18.5 Å². The van der Waals surface area contributed by atoms with Crippen molar-refractivity contribution in [3.05, 3.63) is 64.6 Å². The molecule has 0 aliphatic rings. The predicted molar refractivity (Wildman–Crippen MR) is 94.8 cm³/mol. The molecule has 0 aliphatic heterocycles. The average molecular weight is 375 g/mol. The number of primary sulfonamides is 1. The van der Waals surface area contributed by atoms with Gasteiger partial charge in [0.25, 0.3) is 0 Å². The molecule has 0 bridgehead atoms. The van der Waals surface area contributed by atoms with Gasteiger partial charge < -0.3 is 9.73 Å². The highest BCUT2D eigenvalue weighted by Crippen LogP contribution is 2.17. The third-order valence-corrected chi connectivity index (χ3v) is 4.85. The minimum Gasteiger partial charge on any atom is -0.408 e. The summed E-state index contributed by atoms with van der Waals surface area (Å²) in [5.74, 6) is -1.03. The monoisotopic (exact) mass is 375 g/mol. The summed E-state index contributed by atoms with van der Waals surface area (Å²) in [6, 6.07) is 12.3. The number of benzene rings is 2. The molecule has 0 saturated heterocycles. The van der Waals surface area contributed by atoms with E-state index in [-0.39, 0.29) is 11.4 Å². The number of rotatable bonds is 5. The molecule has 8 nitrogen and oxygen atoms in total. The number of amides is 1. The van der Waals surface area contributed by atoms with Gasteiger partial charge in [-0.25, -0.2) is 18.4 Å². The van der Waals surface area contributed by atoms with Gasteiger partial charge in [-0.15, -0.1) is 0 Å². The van der Waals surface area contributed by atoms with Crippen molar-refractivity contribution in [2.24, 2.45) is 5.14 Å². The van der Waals surface area contributed by atoms with Crippen LogP contribution in [0.2, 0.25) is 0 Å². The van der Waals surface area contributed by atoms with Gasteiger partial charge in [-0.3, -0.25) is 9.36 Å². The molecular formula is C17H17N3O5S. The maximum Gasteiger partial charge on any atom is 0.420 e. The van der Waals surface area contributed by atoms with Gasteiger partial charge in [0.15, 0.2) is 5.58 Å². The number of nitrogens with two attached hydrogens (primary N) is 1. The molecule has 136 valence electrons. The van der Waals surface area contributed by atoms with E-state index < -0.39 is 27.7 Å². The summed E-state index contributed by atoms with van der Waals surface area (Å²) in [4.78, 5) is 24.2. The number of carbonyl (C=O) groups excluding carboxylic acids is 1. The zero-order chi connectivity index (χ0) is 18.9. The van der Waals surface area contributed by atoms with Gasteiger partial charge in [-0.1, -0.05) is 24.3 Å². The summed E-state index contributed by atoms with van der Waals surface area (Å²) in [5, 5.41) is 7.85. The van der Waals surface area contributed by atoms with Crippen LogP contribution >= 0.6 is 0 Å². The van der Waals surface area contributed by atoms with Crippen molar-refractivity contribution in [3.8, 4) is 0 Å². The lowest BCUT2D eigenvalue weighted by atomic mass is 10.1. The molecule has 26 heavy (non-hydrogen) atoms. The smallest absolute Gasteiger partial charge is 0.408 e. The first-order valence-corrected chi connectivity index (χ1v) is 9.31. The molecule has 1 atom stereocenters. The Hall–Kier alpha value is -2.91. The Kier molecular flexibility index (Phi) is 4.66. The number of fused-ring (bicyclic) bond motifs is 1. The maximum atomic E-state index is 12.3. The molecule has 1 aromatic heterocycles. The molecule has 1 heterocycles. The van der Waals surface area contributed by atoms with Crippen LogP contribution in [-0.4, -0.2) is 18.9 Å². The molecule has 3 rings (SSSR count). The maximum absolute atomic E-state index is 12.3. The van der Waals surface area contributed by atoms with Crippen molar-refractivity contribution in [2.75, 3.05) is 0 Å². The van der Waals surface area contributed by atoms with Crippen LogP contribution in [0.25, 0.3) is 11.1 Å². The molecule has 1 amide bonds. The number of aromatic nitrogens is 1. The SMILES string of the molecule is CC(NC(=O)Cn1c(=O)oc2ccccc21)c1cccc(S(N)(=O)=O)c1. The zero-order valence-electron chi connectivity index (χ0n) is 13.9. The molecule has 0 aliphatic carbocycles. The van der Waals surface area contributed by atoms with Crippen molar-refractivity contribution in [1.82, 2.24) is 9.88 Å². The fraction of sp³-hybridized carbons (Fsp3) is 0.176. The summed E-state index contributed by atoms with van der Waals surface area (Å²) >= 11 is 0. The summed E-state index contributed by atoms with van der Waals surface area (Å²) in [7, 11) is -3.83. The quantitative estimate of drug-likeness (QED) is 0.691. The Bertz CT molecular complexity index is 1130. The minimum absolute atomic E-state index is 0.0341. The van der Waals surface area contributed by atoms with Crippen molar-refractivity contribution >= 4 is 27.0 Å². The fourth-order valence-corrected chi connectivity index (χ4v) is 3.21. The van der Waals surface area contributed by atoms with Crippen LogP contribution in [0, 0.1) is 0 Å². The van der Waals surface area contributed by atoms with Crippen LogP contribution in [0.5, 0.6) is 0 Å².